The maximum absolute atomic E-state index is 5.36. The third-order valence-corrected chi connectivity index (χ3v) is 2.47. The van der Waals surface area contributed by atoms with Gasteiger partial charge in [0.2, 0.25) is 0 Å². The molecule has 1 rings (SSSR count). The monoisotopic (exact) mass is 210 g/mol. The van der Waals surface area contributed by atoms with Crippen molar-refractivity contribution in [3.05, 3.63) is 24.2 Å². The largest absolute Gasteiger partial charge is 0.468 e. The van der Waals surface area contributed by atoms with Crippen molar-refractivity contribution in [2.75, 3.05) is 26.7 Å². The Kier molecular flexibility index (Phi) is 6.12. The van der Waals surface area contributed by atoms with Gasteiger partial charge in [-0.05, 0) is 32.1 Å². The van der Waals surface area contributed by atoms with Crippen LogP contribution in [0.25, 0.3) is 0 Å². The molecule has 0 bridgehead atoms. The summed E-state index contributed by atoms with van der Waals surface area (Å²) in [5, 5.41) is 3.18. The molecule has 86 valence electrons. The molecule has 0 aliphatic rings. The Balaban J connectivity index is 2.33. The average Bonchev–Trinajstić information content (AvgIpc) is 2.74. The number of hydrogen-bond donors (Lipinski definition) is 1. The molecule has 1 N–H and O–H groups in total. The Morgan fingerprint density at radius 1 is 1.40 bits per heavy atom. The van der Waals surface area contributed by atoms with Gasteiger partial charge in [0, 0.05) is 13.1 Å². The number of hydrogen-bond acceptors (Lipinski definition) is 3. The Hall–Kier alpha value is -0.800. The molecule has 0 spiro atoms. The lowest BCUT2D eigenvalue weighted by Crippen LogP contribution is -2.31. The van der Waals surface area contributed by atoms with Gasteiger partial charge in [-0.3, -0.25) is 4.90 Å². The van der Waals surface area contributed by atoms with E-state index in [1.54, 1.807) is 6.26 Å². The van der Waals surface area contributed by atoms with E-state index in [-0.39, 0.29) is 0 Å². The van der Waals surface area contributed by atoms with Crippen LogP contribution in [0.4, 0.5) is 0 Å². The van der Waals surface area contributed by atoms with Gasteiger partial charge in [-0.1, -0.05) is 13.3 Å². The summed E-state index contributed by atoms with van der Waals surface area (Å²) in [6.45, 7) is 6.42. The van der Waals surface area contributed by atoms with Crippen LogP contribution < -0.4 is 5.32 Å². The lowest BCUT2D eigenvalue weighted by atomic mass is 10.3. The van der Waals surface area contributed by atoms with Gasteiger partial charge < -0.3 is 9.73 Å². The van der Waals surface area contributed by atoms with Gasteiger partial charge in [0.05, 0.1) is 12.8 Å². The number of rotatable bonds is 8. The van der Waals surface area contributed by atoms with Gasteiger partial charge in [-0.25, -0.2) is 0 Å². The van der Waals surface area contributed by atoms with Crippen LogP contribution in [0, 0.1) is 0 Å². The molecular formula is C12H22N2O. The van der Waals surface area contributed by atoms with Crippen molar-refractivity contribution in [1.82, 2.24) is 10.2 Å². The van der Waals surface area contributed by atoms with E-state index in [1.165, 1.54) is 12.8 Å². The molecule has 0 unspecified atom stereocenters. The van der Waals surface area contributed by atoms with E-state index in [0.717, 1.165) is 31.9 Å². The minimum Gasteiger partial charge on any atom is -0.468 e. The van der Waals surface area contributed by atoms with Crippen LogP contribution in [-0.2, 0) is 6.54 Å². The fourth-order valence-corrected chi connectivity index (χ4v) is 1.54. The van der Waals surface area contributed by atoms with E-state index in [1.807, 2.05) is 19.2 Å². The number of nitrogens with zero attached hydrogens (tertiary/aromatic N) is 1. The average molecular weight is 210 g/mol. The molecule has 15 heavy (non-hydrogen) atoms. The lowest BCUT2D eigenvalue weighted by Gasteiger charge is -2.20. The summed E-state index contributed by atoms with van der Waals surface area (Å²) < 4.78 is 5.36. The van der Waals surface area contributed by atoms with Gasteiger partial charge in [0.25, 0.3) is 0 Å². The Labute approximate surface area is 92.5 Å². The van der Waals surface area contributed by atoms with Gasteiger partial charge in [0.15, 0.2) is 0 Å². The highest BCUT2D eigenvalue weighted by atomic mass is 16.3. The van der Waals surface area contributed by atoms with Crippen LogP contribution in [0.15, 0.2) is 22.8 Å². The second-order valence-corrected chi connectivity index (χ2v) is 3.81. The van der Waals surface area contributed by atoms with Crippen molar-refractivity contribution >= 4 is 0 Å². The Morgan fingerprint density at radius 2 is 2.27 bits per heavy atom. The quantitative estimate of drug-likeness (QED) is 0.712. The topological polar surface area (TPSA) is 28.4 Å². The minimum atomic E-state index is 0.925. The van der Waals surface area contributed by atoms with Crippen molar-refractivity contribution in [2.24, 2.45) is 0 Å². The first kappa shape index (κ1) is 12.3. The first-order valence-electron chi connectivity index (χ1n) is 5.76. The van der Waals surface area contributed by atoms with Crippen LogP contribution in [0.3, 0.4) is 0 Å². The predicted molar refractivity (Wildman–Crippen MR) is 62.8 cm³/mol. The van der Waals surface area contributed by atoms with Crippen molar-refractivity contribution in [3.8, 4) is 0 Å². The second-order valence-electron chi connectivity index (χ2n) is 3.81. The fraction of sp³-hybridized carbons (Fsp3) is 0.667. The highest BCUT2D eigenvalue weighted by Crippen LogP contribution is 2.06. The van der Waals surface area contributed by atoms with Crippen LogP contribution >= 0.6 is 0 Å². The highest BCUT2D eigenvalue weighted by molar-refractivity contribution is 4.97. The molecule has 1 heterocycles. The zero-order valence-electron chi connectivity index (χ0n) is 9.83. The highest BCUT2D eigenvalue weighted by Gasteiger charge is 2.06. The summed E-state index contributed by atoms with van der Waals surface area (Å²) in [5.41, 5.74) is 0. The van der Waals surface area contributed by atoms with Gasteiger partial charge in [-0.2, -0.15) is 0 Å². The first-order chi connectivity index (χ1) is 7.36. The summed E-state index contributed by atoms with van der Waals surface area (Å²) in [6.07, 6.45) is 4.24. The third kappa shape index (κ3) is 5.00. The van der Waals surface area contributed by atoms with E-state index < -0.39 is 0 Å². The fourth-order valence-electron chi connectivity index (χ4n) is 1.54. The maximum Gasteiger partial charge on any atom is 0.117 e. The number of likely N-dealkylation sites (N-methyl/N-ethyl adjacent to an activating group) is 1. The summed E-state index contributed by atoms with van der Waals surface area (Å²) in [6, 6.07) is 3.99. The van der Waals surface area contributed by atoms with Gasteiger partial charge in [-0.15, -0.1) is 0 Å². The molecule has 0 saturated carbocycles. The minimum absolute atomic E-state index is 0.925. The number of furan rings is 1. The standard InChI is InChI=1S/C12H22N2O/c1-3-4-8-14(9-7-13-2)11-12-6-5-10-15-12/h5-6,10,13H,3-4,7-9,11H2,1-2H3. The zero-order chi connectivity index (χ0) is 10.9. The van der Waals surface area contributed by atoms with E-state index in [9.17, 15) is 0 Å². The third-order valence-electron chi connectivity index (χ3n) is 2.47. The molecule has 3 heteroatoms. The first-order valence-corrected chi connectivity index (χ1v) is 5.76. The Morgan fingerprint density at radius 3 is 2.87 bits per heavy atom. The molecule has 0 aromatic carbocycles. The number of nitrogens with one attached hydrogen (secondary N) is 1. The smallest absolute Gasteiger partial charge is 0.117 e. The molecule has 3 nitrogen and oxygen atoms in total. The second kappa shape index (κ2) is 7.49. The van der Waals surface area contributed by atoms with Crippen LogP contribution in [0.2, 0.25) is 0 Å². The van der Waals surface area contributed by atoms with E-state index in [0.29, 0.717) is 0 Å². The van der Waals surface area contributed by atoms with Crippen molar-refractivity contribution < 1.29 is 4.42 Å². The van der Waals surface area contributed by atoms with Gasteiger partial charge in [0.1, 0.15) is 5.76 Å². The van der Waals surface area contributed by atoms with Crippen molar-refractivity contribution in [3.63, 3.8) is 0 Å². The molecule has 0 radical (unpaired) electrons. The molecule has 1 aromatic rings. The molecule has 1 aromatic heterocycles. The van der Waals surface area contributed by atoms with Gasteiger partial charge >= 0.3 is 0 Å². The van der Waals surface area contributed by atoms with E-state index >= 15 is 0 Å². The lowest BCUT2D eigenvalue weighted by molar-refractivity contribution is 0.242. The van der Waals surface area contributed by atoms with E-state index in [4.69, 9.17) is 4.42 Å². The predicted octanol–water partition coefficient (Wildman–Crippen LogP) is 2.10. The molecule has 0 atom stereocenters. The zero-order valence-corrected chi connectivity index (χ0v) is 9.83. The van der Waals surface area contributed by atoms with E-state index in [2.05, 4.69) is 17.1 Å². The maximum atomic E-state index is 5.36. The summed E-state index contributed by atoms with van der Waals surface area (Å²) in [7, 11) is 1.99. The molecule has 0 amide bonds. The van der Waals surface area contributed by atoms with Crippen molar-refractivity contribution in [1.29, 1.82) is 0 Å². The number of unbranched alkanes of at least 4 members (excludes halogenated alkanes) is 1. The van der Waals surface area contributed by atoms with Crippen LogP contribution in [-0.4, -0.2) is 31.6 Å². The molecule has 0 fully saturated rings. The van der Waals surface area contributed by atoms with Crippen LogP contribution in [0.5, 0.6) is 0 Å². The molecule has 0 saturated heterocycles. The summed E-state index contributed by atoms with van der Waals surface area (Å²) >= 11 is 0. The Bertz CT molecular complexity index is 226. The van der Waals surface area contributed by atoms with Crippen molar-refractivity contribution in [2.45, 2.75) is 26.3 Å². The summed E-state index contributed by atoms with van der Waals surface area (Å²) in [4.78, 5) is 2.43. The molecule has 0 aliphatic heterocycles. The molecule has 0 aliphatic carbocycles. The van der Waals surface area contributed by atoms with Crippen LogP contribution in [0.1, 0.15) is 25.5 Å². The SMILES string of the molecule is CCCCN(CCNC)Cc1ccco1. The molecular weight excluding hydrogens is 188 g/mol. The normalized spacial score (nSPS) is 11.1. The summed E-state index contributed by atoms with van der Waals surface area (Å²) in [5.74, 6) is 1.06.